The summed E-state index contributed by atoms with van der Waals surface area (Å²) in [6, 6.07) is 9.23. The summed E-state index contributed by atoms with van der Waals surface area (Å²) in [7, 11) is 1.64. The number of hydrazine groups is 1. The van der Waals surface area contributed by atoms with Gasteiger partial charge in [-0.25, -0.2) is 5.84 Å². The third-order valence-corrected chi connectivity index (χ3v) is 3.48. The molecule has 0 spiro atoms. The average Bonchev–Trinajstić information content (AvgIpc) is 2.44. The number of nitrogens with two attached hydrogens (primary N) is 1. The number of pyridine rings is 1. The van der Waals surface area contributed by atoms with E-state index in [4.69, 9.17) is 5.84 Å². The summed E-state index contributed by atoms with van der Waals surface area (Å²) < 4.78 is 1.45. The third kappa shape index (κ3) is 2.35. The maximum absolute atomic E-state index is 12.2. The first-order valence-corrected chi connectivity index (χ1v) is 6.24. The summed E-state index contributed by atoms with van der Waals surface area (Å²) in [5.41, 5.74) is 5.67. The van der Waals surface area contributed by atoms with E-state index < -0.39 is 5.91 Å². The normalized spacial score (nSPS) is 10.4. The van der Waals surface area contributed by atoms with Gasteiger partial charge in [0.1, 0.15) is 5.56 Å². The van der Waals surface area contributed by atoms with Crippen LogP contribution in [0.4, 0.5) is 0 Å². The lowest BCUT2D eigenvalue weighted by atomic mass is 10.0. The van der Waals surface area contributed by atoms with E-state index in [1.165, 1.54) is 16.2 Å². The van der Waals surface area contributed by atoms with E-state index in [-0.39, 0.29) is 11.1 Å². The molecule has 2 aromatic rings. The molecule has 5 nitrogen and oxygen atoms in total. The Balaban J connectivity index is 2.59. The predicted octanol–water partition coefficient (Wildman–Crippen LogP) is 1.27. The van der Waals surface area contributed by atoms with Crippen molar-refractivity contribution >= 4 is 5.91 Å². The maximum Gasteiger partial charge on any atom is 0.270 e. The van der Waals surface area contributed by atoms with Crippen molar-refractivity contribution in [2.24, 2.45) is 12.9 Å². The van der Waals surface area contributed by atoms with Crippen molar-refractivity contribution in [3.63, 3.8) is 0 Å². The van der Waals surface area contributed by atoms with Crippen molar-refractivity contribution in [2.45, 2.75) is 13.8 Å². The molecule has 5 heteroatoms. The Morgan fingerprint density at radius 2 is 1.85 bits per heavy atom. The van der Waals surface area contributed by atoms with Crippen LogP contribution in [-0.4, -0.2) is 10.5 Å². The molecule has 0 atom stereocenters. The highest BCUT2D eigenvalue weighted by molar-refractivity contribution is 5.93. The van der Waals surface area contributed by atoms with E-state index in [1.807, 2.05) is 37.5 Å². The summed E-state index contributed by atoms with van der Waals surface area (Å²) in [5, 5.41) is 0. The first kappa shape index (κ1) is 14.0. The van der Waals surface area contributed by atoms with Crippen molar-refractivity contribution in [1.82, 2.24) is 9.99 Å². The molecule has 0 aliphatic heterocycles. The van der Waals surface area contributed by atoms with Crippen LogP contribution in [0.1, 0.15) is 21.5 Å². The van der Waals surface area contributed by atoms with Crippen LogP contribution < -0.4 is 16.8 Å². The largest absolute Gasteiger partial charge is 0.311 e. The number of carbonyl (C=O) groups excluding carboxylic acids is 1. The van der Waals surface area contributed by atoms with Crippen LogP contribution in [-0.2, 0) is 7.05 Å². The van der Waals surface area contributed by atoms with E-state index >= 15 is 0 Å². The number of nitrogen functional groups attached to an aromatic ring is 1. The summed E-state index contributed by atoms with van der Waals surface area (Å²) >= 11 is 0. The molecule has 0 radical (unpaired) electrons. The number of carbonyl (C=O) groups is 1. The van der Waals surface area contributed by atoms with Crippen LogP contribution in [0.3, 0.4) is 0 Å². The van der Waals surface area contributed by atoms with E-state index in [0.717, 1.165) is 16.8 Å². The van der Waals surface area contributed by atoms with Crippen molar-refractivity contribution in [3.05, 3.63) is 57.4 Å². The minimum atomic E-state index is -0.586. The van der Waals surface area contributed by atoms with Crippen molar-refractivity contribution in [2.75, 3.05) is 0 Å². The number of hydrogen-bond donors (Lipinski definition) is 2. The summed E-state index contributed by atoms with van der Waals surface area (Å²) in [6.45, 7) is 4.06. The number of benzene rings is 1. The zero-order chi connectivity index (χ0) is 14.9. The fraction of sp³-hybridized carbons (Fsp3) is 0.200. The molecule has 0 saturated carbocycles. The molecule has 0 aliphatic rings. The van der Waals surface area contributed by atoms with Gasteiger partial charge in [-0.3, -0.25) is 15.0 Å². The molecule has 20 heavy (non-hydrogen) atoms. The molecule has 0 unspecified atom stereocenters. The molecule has 104 valence electrons. The Labute approximate surface area is 117 Å². The van der Waals surface area contributed by atoms with Crippen molar-refractivity contribution in [1.29, 1.82) is 0 Å². The summed E-state index contributed by atoms with van der Waals surface area (Å²) in [6.07, 6.45) is 0. The predicted molar refractivity (Wildman–Crippen MR) is 78.2 cm³/mol. The number of nitrogens with one attached hydrogen (secondary N) is 1. The number of aryl methyl sites for hydroxylation is 2. The Morgan fingerprint density at radius 3 is 2.45 bits per heavy atom. The quantitative estimate of drug-likeness (QED) is 0.490. The van der Waals surface area contributed by atoms with Gasteiger partial charge in [0.25, 0.3) is 11.5 Å². The van der Waals surface area contributed by atoms with Crippen LogP contribution in [0.5, 0.6) is 0 Å². The number of amides is 1. The zero-order valence-corrected chi connectivity index (χ0v) is 11.7. The van der Waals surface area contributed by atoms with Crippen molar-refractivity contribution in [3.8, 4) is 11.3 Å². The topological polar surface area (TPSA) is 77.1 Å². The van der Waals surface area contributed by atoms with Gasteiger partial charge in [0.05, 0.1) is 5.69 Å². The minimum absolute atomic E-state index is 0.0302. The Morgan fingerprint density at radius 1 is 1.15 bits per heavy atom. The second-order valence-electron chi connectivity index (χ2n) is 4.77. The van der Waals surface area contributed by atoms with Crippen LogP contribution in [0.2, 0.25) is 0 Å². The average molecular weight is 271 g/mol. The SMILES string of the molecule is Cc1ccc(-c2ccc(C(=O)NN)c(=O)n2C)cc1C. The van der Waals surface area contributed by atoms with Gasteiger partial charge >= 0.3 is 0 Å². The van der Waals surface area contributed by atoms with Gasteiger partial charge in [0.2, 0.25) is 0 Å². The second-order valence-corrected chi connectivity index (χ2v) is 4.77. The van der Waals surface area contributed by atoms with Crippen molar-refractivity contribution < 1.29 is 4.79 Å². The lowest BCUT2D eigenvalue weighted by Gasteiger charge is -2.11. The highest BCUT2D eigenvalue weighted by Crippen LogP contribution is 2.20. The number of nitrogens with zero attached hydrogens (tertiary/aromatic N) is 1. The molecule has 3 N–H and O–H groups in total. The highest BCUT2D eigenvalue weighted by atomic mass is 16.2. The first-order valence-electron chi connectivity index (χ1n) is 6.24. The highest BCUT2D eigenvalue weighted by Gasteiger charge is 2.13. The molecular weight excluding hydrogens is 254 g/mol. The molecule has 1 aromatic carbocycles. The molecule has 0 fully saturated rings. The van der Waals surface area contributed by atoms with E-state index in [2.05, 4.69) is 0 Å². The monoisotopic (exact) mass is 271 g/mol. The zero-order valence-electron chi connectivity index (χ0n) is 11.7. The Kier molecular flexibility index (Phi) is 3.72. The van der Waals surface area contributed by atoms with Gasteiger partial charge in [0.15, 0.2) is 0 Å². The van der Waals surface area contributed by atoms with E-state index in [1.54, 1.807) is 13.1 Å². The lowest BCUT2D eigenvalue weighted by molar-refractivity contribution is 0.0951. The fourth-order valence-corrected chi connectivity index (χ4v) is 2.08. The van der Waals surface area contributed by atoms with Gasteiger partial charge in [0, 0.05) is 7.05 Å². The molecule has 1 aromatic heterocycles. The van der Waals surface area contributed by atoms with Crippen LogP contribution in [0.25, 0.3) is 11.3 Å². The summed E-state index contributed by atoms with van der Waals surface area (Å²) in [4.78, 5) is 23.6. The van der Waals surface area contributed by atoms with Crippen LogP contribution in [0, 0.1) is 13.8 Å². The molecule has 1 heterocycles. The lowest BCUT2D eigenvalue weighted by Crippen LogP contribution is -2.36. The number of hydrogen-bond acceptors (Lipinski definition) is 3. The standard InChI is InChI=1S/C15H17N3O2/c1-9-4-5-11(8-10(9)2)13-7-6-12(14(19)17-16)15(20)18(13)3/h4-8H,16H2,1-3H3,(H,17,19). The molecule has 0 bridgehead atoms. The van der Waals surface area contributed by atoms with Crippen LogP contribution in [0.15, 0.2) is 35.1 Å². The van der Waals surface area contributed by atoms with E-state index in [9.17, 15) is 9.59 Å². The Hall–Kier alpha value is -2.40. The first-order chi connectivity index (χ1) is 9.45. The summed E-state index contributed by atoms with van der Waals surface area (Å²) in [5.74, 6) is 4.48. The van der Waals surface area contributed by atoms with Gasteiger partial charge < -0.3 is 4.57 Å². The molecule has 0 aliphatic carbocycles. The minimum Gasteiger partial charge on any atom is -0.311 e. The van der Waals surface area contributed by atoms with Crippen LogP contribution >= 0.6 is 0 Å². The maximum atomic E-state index is 12.2. The van der Waals surface area contributed by atoms with Gasteiger partial charge in [-0.15, -0.1) is 0 Å². The fourth-order valence-electron chi connectivity index (χ4n) is 2.08. The molecular formula is C15H17N3O2. The molecule has 2 rings (SSSR count). The van der Waals surface area contributed by atoms with E-state index in [0.29, 0.717) is 0 Å². The number of aromatic nitrogens is 1. The van der Waals surface area contributed by atoms with Gasteiger partial charge in [-0.1, -0.05) is 12.1 Å². The second kappa shape index (κ2) is 5.30. The smallest absolute Gasteiger partial charge is 0.270 e. The third-order valence-electron chi connectivity index (χ3n) is 3.48. The number of rotatable bonds is 2. The molecule has 1 amide bonds. The Bertz CT molecular complexity index is 732. The van der Waals surface area contributed by atoms with Gasteiger partial charge in [-0.05, 0) is 48.7 Å². The molecule has 0 saturated heterocycles. The van der Waals surface area contributed by atoms with Gasteiger partial charge in [-0.2, -0.15) is 0 Å².